The summed E-state index contributed by atoms with van der Waals surface area (Å²) in [5, 5.41) is 7.13. The first kappa shape index (κ1) is 19.7. The number of halogens is 3. The topological polar surface area (TPSA) is 90.1 Å². The molecule has 10 heteroatoms. The van der Waals surface area contributed by atoms with E-state index < -0.39 is 12.5 Å². The summed E-state index contributed by atoms with van der Waals surface area (Å²) >= 11 is 6.03. The van der Waals surface area contributed by atoms with E-state index in [-0.39, 0.29) is 22.2 Å². The second kappa shape index (κ2) is 8.03. The van der Waals surface area contributed by atoms with Crippen molar-refractivity contribution in [2.45, 2.75) is 13.5 Å². The van der Waals surface area contributed by atoms with E-state index in [4.69, 9.17) is 16.1 Å². The summed E-state index contributed by atoms with van der Waals surface area (Å²) in [7, 11) is 0. The van der Waals surface area contributed by atoms with Gasteiger partial charge < -0.3 is 14.6 Å². The van der Waals surface area contributed by atoms with Gasteiger partial charge in [-0.15, -0.1) is 0 Å². The average molecular weight is 431 g/mol. The van der Waals surface area contributed by atoms with E-state index in [2.05, 4.69) is 25.2 Å². The maximum atomic E-state index is 13.0. The fourth-order valence-electron chi connectivity index (χ4n) is 2.92. The Bertz CT molecular complexity index is 1250. The number of carbonyl (C=O) groups is 1. The number of aryl methyl sites for hydroxylation is 1. The van der Waals surface area contributed by atoms with E-state index in [1.54, 1.807) is 31.2 Å². The first-order valence-corrected chi connectivity index (χ1v) is 9.04. The number of alkyl halides is 2. The van der Waals surface area contributed by atoms with Crippen LogP contribution in [0.1, 0.15) is 16.1 Å². The van der Waals surface area contributed by atoms with Crippen molar-refractivity contribution in [3.05, 3.63) is 65.1 Å². The van der Waals surface area contributed by atoms with E-state index in [0.29, 0.717) is 28.0 Å². The molecule has 30 heavy (non-hydrogen) atoms. The molecule has 0 bridgehead atoms. The highest BCUT2D eigenvalue weighted by atomic mass is 35.5. The number of anilines is 1. The third-order valence-corrected chi connectivity index (χ3v) is 4.53. The van der Waals surface area contributed by atoms with E-state index >= 15 is 0 Å². The molecule has 0 aliphatic rings. The molecule has 4 rings (SSSR count). The molecule has 1 N–H and O–H groups in total. The first-order chi connectivity index (χ1) is 14.4. The summed E-state index contributed by atoms with van der Waals surface area (Å²) in [6.07, 6.45) is 1.50. The van der Waals surface area contributed by atoms with Gasteiger partial charge in [0.25, 0.3) is 11.6 Å². The second-order valence-electron chi connectivity index (χ2n) is 6.21. The highest BCUT2D eigenvalue weighted by Gasteiger charge is 2.20. The molecular formula is C20H13ClF2N4O3. The van der Waals surface area contributed by atoms with Crippen LogP contribution in [0.5, 0.6) is 5.75 Å². The van der Waals surface area contributed by atoms with E-state index in [1.807, 2.05) is 0 Å². The minimum Gasteiger partial charge on any atom is -0.435 e. The monoisotopic (exact) mass is 430 g/mol. The van der Waals surface area contributed by atoms with Gasteiger partial charge in [0.15, 0.2) is 5.15 Å². The number of ether oxygens (including phenoxy) is 1. The quantitative estimate of drug-likeness (QED) is 0.443. The standard InChI is InChI=1S/C20H13ClF2N4O3/c1-10-16-13(18(28)25-14-6-3-7-24-17(14)21)9-15(26-19(16)30-27-10)11-4-2-5-12(8-11)29-20(22)23/h2-9,20H,1H3,(H,25,28). The summed E-state index contributed by atoms with van der Waals surface area (Å²) in [5.41, 5.74) is 1.94. The molecule has 0 spiro atoms. The Hall–Kier alpha value is -3.59. The summed E-state index contributed by atoms with van der Waals surface area (Å²) in [4.78, 5) is 21.3. The van der Waals surface area contributed by atoms with Crippen molar-refractivity contribution < 1.29 is 22.8 Å². The van der Waals surface area contributed by atoms with Crippen molar-refractivity contribution in [3.8, 4) is 17.0 Å². The Morgan fingerprint density at radius 3 is 2.83 bits per heavy atom. The Morgan fingerprint density at radius 2 is 2.07 bits per heavy atom. The van der Waals surface area contributed by atoms with Crippen LogP contribution >= 0.6 is 11.6 Å². The van der Waals surface area contributed by atoms with Crippen LogP contribution in [0, 0.1) is 6.92 Å². The lowest BCUT2D eigenvalue weighted by atomic mass is 10.0. The predicted octanol–water partition coefficient (Wildman–Crippen LogP) is 5.10. The summed E-state index contributed by atoms with van der Waals surface area (Å²) in [5.74, 6) is -0.517. The van der Waals surface area contributed by atoms with Crippen LogP contribution in [0.4, 0.5) is 14.5 Å². The minimum atomic E-state index is -2.96. The third-order valence-electron chi connectivity index (χ3n) is 4.22. The molecule has 0 aliphatic heterocycles. The van der Waals surface area contributed by atoms with Crippen LogP contribution in [0.2, 0.25) is 5.15 Å². The average Bonchev–Trinajstić information content (AvgIpc) is 3.09. The van der Waals surface area contributed by atoms with Crippen LogP contribution in [-0.2, 0) is 0 Å². The summed E-state index contributed by atoms with van der Waals surface area (Å²) in [6, 6.07) is 10.7. The van der Waals surface area contributed by atoms with Crippen molar-refractivity contribution >= 4 is 34.3 Å². The third kappa shape index (κ3) is 3.92. The van der Waals surface area contributed by atoms with Gasteiger partial charge in [-0.3, -0.25) is 4.79 Å². The van der Waals surface area contributed by atoms with Crippen molar-refractivity contribution in [2.24, 2.45) is 0 Å². The Kier molecular flexibility index (Phi) is 5.28. The number of fused-ring (bicyclic) bond motifs is 1. The molecule has 1 aromatic carbocycles. The van der Waals surface area contributed by atoms with Crippen LogP contribution in [-0.4, -0.2) is 27.6 Å². The molecule has 0 unspecified atom stereocenters. The molecule has 0 saturated carbocycles. The van der Waals surface area contributed by atoms with Gasteiger partial charge in [-0.1, -0.05) is 28.9 Å². The van der Waals surface area contributed by atoms with Gasteiger partial charge >= 0.3 is 6.61 Å². The Labute approximate surface area is 173 Å². The lowest BCUT2D eigenvalue weighted by molar-refractivity contribution is -0.0498. The smallest absolute Gasteiger partial charge is 0.387 e. The minimum absolute atomic E-state index is 0.0358. The number of hydrogen-bond donors (Lipinski definition) is 1. The number of amides is 1. The van der Waals surface area contributed by atoms with Gasteiger partial charge in [0.1, 0.15) is 5.75 Å². The van der Waals surface area contributed by atoms with Gasteiger partial charge in [0.2, 0.25) is 0 Å². The predicted molar refractivity (Wildman–Crippen MR) is 106 cm³/mol. The molecular weight excluding hydrogens is 418 g/mol. The van der Waals surface area contributed by atoms with Crippen LogP contribution in [0.3, 0.4) is 0 Å². The van der Waals surface area contributed by atoms with E-state index in [0.717, 1.165) is 0 Å². The zero-order valence-electron chi connectivity index (χ0n) is 15.4. The Morgan fingerprint density at radius 1 is 1.23 bits per heavy atom. The number of benzene rings is 1. The Balaban J connectivity index is 1.79. The van der Waals surface area contributed by atoms with Crippen molar-refractivity contribution in [1.82, 2.24) is 15.1 Å². The normalized spacial score (nSPS) is 11.1. The molecule has 0 atom stereocenters. The fourth-order valence-corrected chi connectivity index (χ4v) is 3.09. The molecule has 3 heterocycles. The molecule has 0 radical (unpaired) electrons. The largest absolute Gasteiger partial charge is 0.435 e. The zero-order valence-corrected chi connectivity index (χ0v) is 16.2. The van der Waals surface area contributed by atoms with Crippen molar-refractivity contribution in [3.63, 3.8) is 0 Å². The lowest BCUT2D eigenvalue weighted by Crippen LogP contribution is -2.13. The highest BCUT2D eigenvalue weighted by molar-refractivity contribution is 6.32. The summed E-state index contributed by atoms with van der Waals surface area (Å²) < 4.78 is 34.8. The van der Waals surface area contributed by atoms with Crippen LogP contribution in [0.25, 0.3) is 22.4 Å². The van der Waals surface area contributed by atoms with E-state index in [1.165, 1.54) is 24.4 Å². The van der Waals surface area contributed by atoms with Gasteiger partial charge in [-0.05, 0) is 37.3 Å². The number of nitrogens with zero attached hydrogens (tertiary/aromatic N) is 3. The number of aromatic nitrogens is 3. The highest BCUT2D eigenvalue weighted by Crippen LogP contribution is 2.30. The number of nitrogens with one attached hydrogen (secondary N) is 1. The summed E-state index contributed by atoms with van der Waals surface area (Å²) in [6.45, 7) is -1.28. The molecule has 0 aliphatic carbocycles. The maximum Gasteiger partial charge on any atom is 0.387 e. The van der Waals surface area contributed by atoms with Gasteiger partial charge in [0, 0.05) is 11.8 Å². The molecule has 1 amide bonds. The van der Waals surface area contributed by atoms with Crippen LogP contribution in [0.15, 0.2) is 53.2 Å². The molecule has 0 fully saturated rings. The van der Waals surface area contributed by atoms with Crippen molar-refractivity contribution in [2.75, 3.05) is 5.32 Å². The molecule has 7 nitrogen and oxygen atoms in total. The fraction of sp³-hybridized carbons (Fsp3) is 0.100. The lowest BCUT2D eigenvalue weighted by Gasteiger charge is -2.10. The number of carbonyl (C=O) groups excluding carboxylic acids is 1. The number of pyridine rings is 2. The second-order valence-corrected chi connectivity index (χ2v) is 6.56. The number of hydrogen-bond acceptors (Lipinski definition) is 6. The molecule has 4 aromatic rings. The van der Waals surface area contributed by atoms with Gasteiger partial charge in [-0.25, -0.2) is 9.97 Å². The van der Waals surface area contributed by atoms with Crippen molar-refractivity contribution in [1.29, 1.82) is 0 Å². The first-order valence-electron chi connectivity index (χ1n) is 8.66. The van der Waals surface area contributed by atoms with Gasteiger partial charge in [-0.2, -0.15) is 8.78 Å². The zero-order chi connectivity index (χ0) is 21.3. The number of rotatable bonds is 5. The SMILES string of the molecule is Cc1noc2nc(-c3cccc(OC(F)F)c3)cc(C(=O)Nc3cccnc3Cl)c12. The molecule has 0 saturated heterocycles. The molecule has 152 valence electrons. The van der Waals surface area contributed by atoms with Crippen LogP contribution < -0.4 is 10.1 Å². The maximum absolute atomic E-state index is 13.0. The van der Waals surface area contributed by atoms with Gasteiger partial charge in [0.05, 0.1) is 28.0 Å². The van der Waals surface area contributed by atoms with E-state index in [9.17, 15) is 13.6 Å². The molecule has 3 aromatic heterocycles.